The smallest absolute Gasteiger partial charge is 0.246 e. The zero-order chi connectivity index (χ0) is 19.1. The van der Waals surface area contributed by atoms with Gasteiger partial charge in [0.1, 0.15) is 6.54 Å². The van der Waals surface area contributed by atoms with Gasteiger partial charge in [-0.25, -0.2) is 0 Å². The molecule has 1 aliphatic rings. The average Bonchev–Trinajstić information content (AvgIpc) is 3.33. The molecule has 1 saturated heterocycles. The standard InChI is InChI=1S/C19H25N5O2S.ClH/c1-27-17-5-3-15(4-6-17)22-19(26)13-24-12-16(11-21-24)23-18(25)7-2-14-8-9-20-10-14;/h3-6,11-12,14,20H,2,7-10,13H2,1H3,(H,22,26)(H,23,25);1H. The number of halogens is 1. The fraction of sp³-hybridized carbons (Fsp3) is 0.421. The van der Waals surface area contributed by atoms with E-state index in [1.54, 1.807) is 24.2 Å². The van der Waals surface area contributed by atoms with Crippen LogP contribution in [0.3, 0.4) is 0 Å². The van der Waals surface area contributed by atoms with Crippen LogP contribution in [0, 0.1) is 5.92 Å². The molecule has 1 aliphatic heterocycles. The van der Waals surface area contributed by atoms with Crippen LogP contribution in [0.2, 0.25) is 0 Å². The lowest BCUT2D eigenvalue weighted by Gasteiger charge is -2.07. The molecule has 1 aromatic carbocycles. The number of hydrogen-bond acceptors (Lipinski definition) is 5. The van der Waals surface area contributed by atoms with E-state index in [1.807, 2.05) is 30.5 Å². The van der Waals surface area contributed by atoms with Gasteiger partial charge in [-0.1, -0.05) is 0 Å². The molecular formula is C19H26ClN5O2S. The number of rotatable bonds is 8. The molecule has 9 heteroatoms. The van der Waals surface area contributed by atoms with Gasteiger partial charge >= 0.3 is 0 Å². The van der Waals surface area contributed by atoms with Gasteiger partial charge in [0.15, 0.2) is 0 Å². The number of aromatic nitrogens is 2. The van der Waals surface area contributed by atoms with Crippen LogP contribution in [-0.4, -0.2) is 40.9 Å². The number of hydrogen-bond donors (Lipinski definition) is 3. The highest BCUT2D eigenvalue weighted by molar-refractivity contribution is 7.98. The molecule has 2 heterocycles. The molecule has 3 N–H and O–H groups in total. The minimum atomic E-state index is -0.165. The maximum atomic E-state index is 12.1. The van der Waals surface area contributed by atoms with E-state index in [0.717, 1.165) is 36.5 Å². The molecular weight excluding hydrogens is 398 g/mol. The number of anilines is 2. The van der Waals surface area contributed by atoms with Gasteiger partial charge in [0.05, 0.1) is 11.9 Å². The average molecular weight is 424 g/mol. The Bertz CT molecular complexity index is 775. The molecule has 0 saturated carbocycles. The summed E-state index contributed by atoms with van der Waals surface area (Å²) in [6.45, 7) is 2.14. The Morgan fingerprint density at radius 1 is 1.21 bits per heavy atom. The molecule has 0 spiro atoms. The number of nitrogens with zero attached hydrogens (tertiary/aromatic N) is 2. The Morgan fingerprint density at radius 2 is 1.96 bits per heavy atom. The first-order valence-corrected chi connectivity index (χ1v) is 10.3. The fourth-order valence-corrected chi connectivity index (χ4v) is 3.46. The molecule has 0 radical (unpaired) electrons. The zero-order valence-electron chi connectivity index (χ0n) is 15.8. The Labute approximate surface area is 175 Å². The Hall–Kier alpha value is -2.03. The SMILES string of the molecule is CSc1ccc(NC(=O)Cn2cc(NC(=O)CCC3CCNC3)cn2)cc1.Cl. The van der Waals surface area contributed by atoms with Crippen LogP contribution in [-0.2, 0) is 16.1 Å². The highest BCUT2D eigenvalue weighted by Crippen LogP contribution is 2.18. The second kappa shape index (κ2) is 11.1. The summed E-state index contributed by atoms with van der Waals surface area (Å²) in [5.74, 6) is 0.411. The maximum Gasteiger partial charge on any atom is 0.246 e. The minimum Gasteiger partial charge on any atom is -0.324 e. The molecule has 28 heavy (non-hydrogen) atoms. The van der Waals surface area contributed by atoms with Gasteiger partial charge in [-0.15, -0.1) is 24.2 Å². The molecule has 0 bridgehead atoms. The van der Waals surface area contributed by atoms with E-state index in [1.165, 1.54) is 4.68 Å². The van der Waals surface area contributed by atoms with Gasteiger partial charge < -0.3 is 16.0 Å². The van der Waals surface area contributed by atoms with Crippen molar-refractivity contribution >= 4 is 47.4 Å². The van der Waals surface area contributed by atoms with Crippen LogP contribution >= 0.6 is 24.2 Å². The second-order valence-corrected chi connectivity index (χ2v) is 7.53. The first kappa shape index (κ1) is 22.3. The number of amides is 2. The molecule has 2 amide bonds. The molecule has 1 atom stereocenters. The van der Waals surface area contributed by atoms with E-state index in [0.29, 0.717) is 18.0 Å². The molecule has 1 fully saturated rings. The van der Waals surface area contributed by atoms with Crippen molar-refractivity contribution in [2.24, 2.45) is 5.92 Å². The summed E-state index contributed by atoms with van der Waals surface area (Å²) >= 11 is 1.65. The lowest BCUT2D eigenvalue weighted by Crippen LogP contribution is -2.19. The summed E-state index contributed by atoms with van der Waals surface area (Å²) in [5.41, 5.74) is 1.36. The second-order valence-electron chi connectivity index (χ2n) is 6.65. The molecule has 7 nitrogen and oxygen atoms in total. The third kappa shape index (κ3) is 6.85. The van der Waals surface area contributed by atoms with Crippen LogP contribution in [0.15, 0.2) is 41.6 Å². The summed E-state index contributed by atoms with van der Waals surface area (Å²) < 4.78 is 1.52. The number of nitrogens with one attached hydrogen (secondary N) is 3. The number of carbonyl (C=O) groups excluding carboxylic acids is 2. The maximum absolute atomic E-state index is 12.1. The third-order valence-electron chi connectivity index (χ3n) is 4.54. The van der Waals surface area contributed by atoms with Gasteiger partial charge in [0, 0.05) is 23.2 Å². The van der Waals surface area contributed by atoms with Crippen molar-refractivity contribution in [3.05, 3.63) is 36.7 Å². The Morgan fingerprint density at radius 3 is 2.64 bits per heavy atom. The van der Waals surface area contributed by atoms with Gasteiger partial charge in [-0.2, -0.15) is 5.10 Å². The van der Waals surface area contributed by atoms with Crippen molar-refractivity contribution in [1.82, 2.24) is 15.1 Å². The van der Waals surface area contributed by atoms with Gasteiger partial charge in [0.2, 0.25) is 11.8 Å². The topological polar surface area (TPSA) is 88.0 Å². The summed E-state index contributed by atoms with van der Waals surface area (Å²) in [6.07, 6.45) is 7.78. The number of benzene rings is 1. The van der Waals surface area contributed by atoms with E-state index in [4.69, 9.17) is 0 Å². The number of carbonyl (C=O) groups is 2. The fourth-order valence-electron chi connectivity index (χ4n) is 3.06. The van der Waals surface area contributed by atoms with E-state index < -0.39 is 0 Å². The van der Waals surface area contributed by atoms with Gasteiger partial charge in [-0.05, 0) is 62.4 Å². The van der Waals surface area contributed by atoms with Crippen LogP contribution in [0.25, 0.3) is 0 Å². The predicted molar refractivity (Wildman–Crippen MR) is 115 cm³/mol. The summed E-state index contributed by atoms with van der Waals surface area (Å²) in [5, 5.41) is 13.1. The van der Waals surface area contributed by atoms with E-state index in [2.05, 4.69) is 21.0 Å². The van der Waals surface area contributed by atoms with Crippen LogP contribution in [0.4, 0.5) is 11.4 Å². The Balaban J connectivity index is 0.00000280. The van der Waals surface area contributed by atoms with Gasteiger partial charge in [-0.3, -0.25) is 14.3 Å². The molecule has 1 aromatic heterocycles. The van der Waals surface area contributed by atoms with Crippen molar-refractivity contribution in [3.63, 3.8) is 0 Å². The van der Waals surface area contributed by atoms with Crippen molar-refractivity contribution in [2.45, 2.75) is 30.7 Å². The third-order valence-corrected chi connectivity index (χ3v) is 5.28. The molecule has 0 aliphatic carbocycles. The van der Waals surface area contributed by atoms with Crippen LogP contribution < -0.4 is 16.0 Å². The summed E-state index contributed by atoms with van der Waals surface area (Å²) in [6, 6.07) is 7.67. The molecule has 1 unspecified atom stereocenters. The first-order valence-electron chi connectivity index (χ1n) is 9.09. The highest BCUT2D eigenvalue weighted by Gasteiger charge is 2.16. The number of thioether (sulfide) groups is 1. The molecule has 3 rings (SSSR count). The normalized spacial score (nSPS) is 15.7. The summed E-state index contributed by atoms with van der Waals surface area (Å²) in [7, 11) is 0. The predicted octanol–water partition coefficient (Wildman–Crippen LogP) is 2.99. The van der Waals surface area contributed by atoms with Gasteiger partial charge in [0.25, 0.3) is 0 Å². The lowest BCUT2D eigenvalue weighted by molar-refractivity contribution is -0.117. The highest BCUT2D eigenvalue weighted by atomic mass is 35.5. The van der Waals surface area contributed by atoms with Crippen molar-refractivity contribution < 1.29 is 9.59 Å². The molecule has 152 valence electrons. The minimum absolute atomic E-state index is 0. The monoisotopic (exact) mass is 423 g/mol. The van der Waals surface area contributed by atoms with Crippen LogP contribution in [0.5, 0.6) is 0 Å². The van der Waals surface area contributed by atoms with Crippen LogP contribution in [0.1, 0.15) is 19.3 Å². The van der Waals surface area contributed by atoms with E-state index in [-0.39, 0.29) is 30.8 Å². The first-order chi connectivity index (χ1) is 13.1. The van der Waals surface area contributed by atoms with Crippen molar-refractivity contribution in [1.29, 1.82) is 0 Å². The summed E-state index contributed by atoms with van der Waals surface area (Å²) in [4.78, 5) is 25.3. The van der Waals surface area contributed by atoms with E-state index >= 15 is 0 Å². The quantitative estimate of drug-likeness (QED) is 0.568. The van der Waals surface area contributed by atoms with E-state index in [9.17, 15) is 9.59 Å². The largest absolute Gasteiger partial charge is 0.324 e. The van der Waals surface area contributed by atoms with Crippen molar-refractivity contribution in [3.8, 4) is 0 Å². The molecule has 2 aromatic rings. The lowest BCUT2D eigenvalue weighted by atomic mass is 10.0. The zero-order valence-corrected chi connectivity index (χ0v) is 17.4. The Kier molecular flexibility index (Phi) is 8.82. The van der Waals surface area contributed by atoms with Crippen molar-refractivity contribution in [2.75, 3.05) is 30.0 Å².